The van der Waals surface area contributed by atoms with Gasteiger partial charge in [0.1, 0.15) is 0 Å². The molecule has 1 aliphatic rings. The van der Waals surface area contributed by atoms with Crippen LogP contribution >= 0.6 is 23.2 Å². The molecule has 0 radical (unpaired) electrons. The maximum atomic E-state index is 6.06. The van der Waals surface area contributed by atoms with Gasteiger partial charge in [-0.3, -0.25) is 0 Å². The number of ether oxygens (including phenoxy) is 1. The van der Waals surface area contributed by atoms with Gasteiger partial charge in [0.05, 0.1) is 27.9 Å². The van der Waals surface area contributed by atoms with E-state index in [0.717, 1.165) is 25.1 Å². The van der Waals surface area contributed by atoms with Gasteiger partial charge in [0.15, 0.2) is 0 Å². The molecule has 1 aromatic carbocycles. The molecule has 0 saturated carbocycles. The Balaban J connectivity index is 1.94. The Bertz CT molecular complexity index is 350. The Kier molecular flexibility index (Phi) is 3.95. The second-order valence-electron chi connectivity index (χ2n) is 4.12. The first-order valence-electron chi connectivity index (χ1n) is 5.50. The van der Waals surface area contributed by atoms with Crippen LogP contribution in [0.1, 0.15) is 19.8 Å². The number of benzene rings is 1. The van der Waals surface area contributed by atoms with E-state index in [2.05, 4.69) is 12.2 Å². The Labute approximate surface area is 106 Å². The third kappa shape index (κ3) is 2.82. The normalized spacial score (nSPS) is 24.7. The van der Waals surface area contributed by atoms with Gasteiger partial charge in [-0.05, 0) is 31.9 Å². The van der Waals surface area contributed by atoms with Crippen LogP contribution in [0.3, 0.4) is 0 Å². The number of para-hydroxylation sites is 1. The largest absolute Gasteiger partial charge is 0.380 e. The van der Waals surface area contributed by atoms with E-state index in [9.17, 15) is 0 Å². The molecular weight excluding hydrogens is 245 g/mol. The molecule has 4 heteroatoms. The molecular formula is C12H15Cl2NO. The molecule has 2 rings (SSSR count). The van der Waals surface area contributed by atoms with Gasteiger partial charge >= 0.3 is 0 Å². The Hall–Kier alpha value is -0.440. The smallest absolute Gasteiger partial charge is 0.0751 e. The van der Waals surface area contributed by atoms with Gasteiger partial charge in [-0.15, -0.1) is 0 Å². The van der Waals surface area contributed by atoms with Crippen LogP contribution in [0, 0.1) is 0 Å². The highest BCUT2D eigenvalue weighted by Crippen LogP contribution is 2.30. The first-order chi connectivity index (χ1) is 7.66. The molecule has 2 nitrogen and oxygen atoms in total. The second-order valence-corrected chi connectivity index (χ2v) is 4.94. The monoisotopic (exact) mass is 259 g/mol. The lowest BCUT2D eigenvalue weighted by molar-refractivity contribution is 0.0637. The number of hydrogen-bond acceptors (Lipinski definition) is 2. The average molecular weight is 260 g/mol. The summed E-state index contributed by atoms with van der Waals surface area (Å²) in [5, 5.41) is 4.56. The van der Waals surface area contributed by atoms with Crippen LogP contribution in [0.25, 0.3) is 0 Å². The maximum Gasteiger partial charge on any atom is 0.0751 e. The van der Waals surface area contributed by atoms with Gasteiger partial charge in [-0.1, -0.05) is 29.3 Å². The van der Waals surface area contributed by atoms with Crippen LogP contribution in [-0.2, 0) is 4.74 Å². The SMILES string of the molecule is CC1CCC(CNc2c(Cl)cccc2Cl)O1. The van der Waals surface area contributed by atoms with Crippen molar-refractivity contribution in [2.75, 3.05) is 11.9 Å². The molecule has 0 bridgehead atoms. The molecule has 2 atom stereocenters. The van der Waals surface area contributed by atoms with Crippen molar-refractivity contribution < 1.29 is 4.74 Å². The molecule has 16 heavy (non-hydrogen) atoms. The molecule has 0 aliphatic carbocycles. The summed E-state index contributed by atoms with van der Waals surface area (Å²) < 4.78 is 5.71. The molecule has 1 fully saturated rings. The highest BCUT2D eigenvalue weighted by atomic mass is 35.5. The predicted octanol–water partition coefficient (Wildman–Crippen LogP) is 3.97. The molecule has 1 aromatic rings. The second kappa shape index (κ2) is 5.26. The molecule has 0 spiro atoms. The molecule has 1 saturated heterocycles. The molecule has 2 unspecified atom stereocenters. The van der Waals surface area contributed by atoms with E-state index in [4.69, 9.17) is 27.9 Å². The maximum absolute atomic E-state index is 6.06. The third-order valence-electron chi connectivity index (χ3n) is 2.79. The summed E-state index contributed by atoms with van der Waals surface area (Å²) >= 11 is 12.1. The first-order valence-corrected chi connectivity index (χ1v) is 6.25. The summed E-state index contributed by atoms with van der Waals surface area (Å²) in [6, 6.07) is 5.49. The van der Waals surface area contributed by atoms with Gasteiger partial charge in [0.2, 0.25) is 0 Å². The average Bonchev–Trinajstić information content (AvgIpc) is 2.63. The van der Waals surface area contributed by atoms with Gasteiger partial charge in [-0.2, -0.15) is 0 Å². The van der Waals surface area contributed by atoms with Crippen LogP contribution in [-0.4, -0.2) is 18.8 Å². The number of anilines is 1. The Morgan fingerprint density at radius 2 is 2.00 bits per heavy atom. The van der Waals surface area contributed by atoms with E-state index in [1.165, 1.54) is 0 Å². The Morgan fingerprint density at radius 1 is 1.31 bits per heavy atom. The third-order valence-corrected chi connectivity index (χ3v) is 3.42. The van der Waals surface area contributed by atoms with E-state index in [1.54, 1.807) is 0 Å². The lowest BCUT2D eigenvalue weighted by atomic mass is 10.2. The number of halogens is 2. The van der Waals surface area contributed by atoms with Crippen molar-refractivity contribution >= 4 is 28.9 Å². The van der Waals surface area contributed by atoms with E-state index in [0.29, 0.717) is 16.1 Å². The minimum atomic E-state index is 0.266. The van der Waals surface area contributed by atoms with Crippen LogP contribution in [0.4, 0.5) is 5.69 Å². The van der Waals surface area contributed by atoms with Crippen LogP contribution < -0.4 is 5.32 Å². The van der Waals surface area contributed by atoms with E-state index in [-0.39, 0.29) is 6.10 Å². The molecule has 1 N–H and O–H groups in total. The molecule has 88 valence electrons. The number of hydrogen-bond donors (Lipinski definition) is 1. The van der Waals surface area contributed by atoms with Gasteiger partial charge in [-0.25, -0.2) is 0 Å². The van der Waals surface area contributed by atoms with Gasteiger partial charge in [0.25, 0.3) is 0 Å². The topological polar surface area (TPSA) is 21.3 Å². The molecule has 0 aromatic heterocycles. The van der Waals surface area contributed by atoms with Crippen molar-refractivity contribution in [2.24, 2.45) is 0 Å². The van der Waals surface area contributed by atoms with Crippen molar-refractivity contribution in [3.63, 3.8) is 0 Å². The van der Waals surface area contributed by atoms with E-state index >= 15 is 0 Å². The summed E-state index contributed by atoms with van der Waals surface area (Å²) in [6.07, 6.45) is 2.86. The molecule has 1 heterocycles. The molecule has 1 aliphatic heterocycles. The van der Waals surface area contributed by atoms with E-state index in [1.807, 2.05) is 18.2 Å². The summed E-state index contributed by atoms with van der Waals surface area (Å²) in [4.78, 5) is 0. The minimum absolute atomic E-state index is 0.266. The fourth-order valence-electron chi connectivity index (χ4n) is 1.92. The van der Waals surface area contributed by atoms with Crippen LogP contribution in [0.5, 0.6) is 0 Å². The summed E-state index contributed by atoms with van der Waals surface area (Å²) in [5.41, 5.74) is 0.800. The fraction of sp³-hybridized carbons (Fsp3) is 0.500. The minimum Gasteiger partial charge on any atom is -0.380 e. The van der Waals surface area contributed by atoms with Crippen molar-refractivity contribution in [2.45, 2.75) is 32.0 Å². The van der Waals surface area contributed by atoms with Gasteiger partial charge in [0, 0.05) is 6.54 Å². The standard InChI is InChI=1S/C12H15Cl2NO/c1-8-5-6-9(16-8)7-15-12-10(13)3-2-4-11(12)14/h2-4,8-9,15H,5-7H2,1H3. The highest BCUT2D eigenvalue weighted by molar-refractivity contribution is 6.39. The number of nitrogens with one attached hydrogen (secondary N) is 1. The predicted molar refractivity (Wildman–Crippen MR) is 68.5 cm³/mol. The zero-order valence-electron chi connectivity index (χ0n) is 9.17. The lowest BCUT2D eigenvalue weighted by Crippen LogP contribution is -2.20. The first kappa shape index (κ1) is 12.0. The zero-order valence-corrected chi connectivity index (χ0v) is 10.7. The quantitative estimate of drug-likeness (QED) is 0.887. The zero-order chi connectivity index (χ0) is 11.5. The van der Waals surface area contributed by atoms with Crippen molar-refractivity contribution in [1.82, 2.24) is 0 Å². The van der Waals surface area contributed by atoms with Crippen molar-refractivity contribution in [1.29, 1.82) is 0 Å². The van der Waals surface area contributed by atoms with Crippen LogP contribution in [0.15, 0.2) is 18.2 Å². The summed E-state index contributed by atoms with van der Waals surface area (Å²) in [6.45, 7) is 2.86. The highest BCUT2D eigenvalue weighted by Gasteiger charge is 2.21. The fourth-order valence-corrected chi connectivity index (χ4v) is 2.45. The van der Waals surface area contributed by atoms with E-state index < -0.39 is 0 Å². The van der Waals surface area contributed by atoms with Gasteiger partial charge < -0.3 is 10.1 Å². The summed E-state index contributed by atoms with van der Waals surface area (Å²) in [7, 11) is 0. The number of rotatable bonds is 3. The lowest BCUT2D eigenvalue weighted by Gasteiger charge is -2.15. The van der Waals surface area contributed by atoms with Crippen molar-refractivity contribution in [3.8, 4) is 0 Å². The Morgan fingerprint density at radius 3 is 2.56 bits per heavy atom. The van der Waals surface area contributed by atoms with Crippen molar-refractivity contribution in [3.05, 3.63) is 28.2 Å². The van der Waals surface area contributed by atoms with Crippen LogP contribution in [0.2, 0.25) is 10.0 Å². The summed E-state index contributed by atoms with van der Waals surface area (Å²) in [5.74, 6) is 0. The molecule has 0 amide bonds.